The summed E-state index contributed by atoms with van der Waals surface area (Å²) in [6.45, 7) is 0.279. The minimum absolute atomic E-state index is 0.0290. The number of unbranched alkanes of at least 4 members (excludes halogenated alkanes) is 1. The van der Waals surface area contributed by atoms with E-state index in [2.05, 4.69) is 10.6 Å². The van der Waals surface area contributed by atoms with E-state index in [4.69, 9.17) is 32.5 Å². The van der Waals surface area contributed by atoms with Crippen molar-refractivity contribution in [3.63, 3.8) is 0 Å². The minimum atomic E-state index is -1.76. The van der Waals surface area contributed by atoms with Gasteiger partial charge in [-0.25, -0.2) is 4.79 Å². The zero-order valence-electron chi connectivity index (χ0n) is 18.9. The van der Waals surface area contributed by atoms with E-state index in [9.17, 15) is 33.6 Å². The fraction of sp³-hybridized carbons (Fsp3) is 0.632. The lowest BCUT2D eigenvalue weighted by Gasteiger charge is -2.24. The van der Waals surface area contributed by atoms with Crippen molar-refractivity contribution in [2.24, 2.45) is 17.2 Å². The quantitative estimate of drug-likeness (QED) is 0.0812. The molecular formula is C19H32N6O10. The molecule has 0 heterocycles. The first-order valence-corrected chi connectivity index (χ1v) is 10.6. The molecule has 0 aliphatic rings. The molecule has 4 unspecified atom stereocenters. The predicted octanol–water partition coefficient (Wildman–Crippen LogP) is -3.80. The molecule has 16 heteroatoms. The number of carboxylic acids is 3. The highest BCUT2D eigenvalue weighted by Gasteiger charge is 2.32. The highest BCUT2D eigenvalue weighted by molar-refractivity contribution is 5.96. The van der Waals surface area contributed by atoms with Gasteiger partial charge in [-0.15, -0.1) is 0 Å². The van der Waals surface area contributed by atoms with Gasteiger partial charge in [0.2, 0.25) is 23.6 Å². The summed E-state index contributed by atoms with van der Waals surface area (Å²) >= 11 is 0. The number of carbonyl (C=O) groups excluding carboxylic acids is 4. The predicted molar refractivity (Wildman–Crippen MR) is 117 cm³/mol. The standard InChI is InChI=1S/C19H32N6O10/c20-6-2-1-3-10(23-16(31)9(21)4-5-14(27)28)17(32)24-11(8-15(29)30)18(33)25-12(19(34)35)7-13(22)26/h9-12H,1-8,20-21H2,(H2,22,26)(H,23,31)(H,24,32)(H,25,33)(H,27,28)(H,29,30)(H,34,35). The molecule has 0 aromatic rings. The number of carboxylic acid groups (broad SMARTS) is 3. The smallest absolute Gasteiger partial charge is 0.326 e. The second kappa shape index (κ2) is 15.9. The Kier molecular flexibility index (Phi) is 14.2. The van der Waals surface area contributed by atoms with Gasteiger partial charge in [0.1, 0.15) is 18.1 Å². The molecule has 0 aromatic heterocycles. The van der Waals surface area contributed by atoms with Crippen LogP contribution in [0, 0.1) is 0 Å². The molecule has 0 aliphatic carbocycles. The minimum Gasteiger partial charge on any atom is -0.481 e. The van der Waals surface area contributed by atoms with E-state index in [-0.39, 0.29) is 19.4 Å². The second-order valence-corrected chi connectivity index (χ2v) is 7.61. The highest BCUT2D eigenvalue weighted by Crippen LogP contribution is 2.05. The van der Waals surface area contributed by atoms with Gasteiger partial charge in [0, 0.05) is 6.42 Å². The Balaban J connectivity index is 5.53. The molecule has 35 heavy (non-hydrogen) atoms. The van der Waals surface area contributed by atoms with Gasteiger partial charge in [0.05, 0.1) is 18.9 Å². The fourth-order valence-electron chi connectivity index (χ4n) is 2.78. The monoisotopic (exact) mass is 504 g/mol. The molecule has 0 radical (unpaired) electrons. The van der Waals surface area contributed by atoms with Crippen LogP contribution in [0.3, 0.4) is 0 Å². The molecule has 4 atom stereocenters. The zero-order chi connectivity index (χ0) is 27.1. The highest BCUT2D eigenvalue weighted by atomic mass is 16.4. The zero-order valence-corrected chi connectivity index (χ0v) is 18.9. The molecule has 198 valence electrons. The molecule has 16 nitrogen and oxygen atoms in total. The van der Waals surface area contributed by atoms with Gasteiger partial charge >= 0.3 is 17.9 Å². The molecular weight excluding hydrogens is 472 g/mol. The number of amides is 4. The van der Waals surface area contributed by atoms with Crippen LogP contribution < -0.4 is 33.2 Å². The van der Waals surface area contributed by atoms with Crippen molar-refractivity contribution >= 4 is 41.5 Å². The molecule has 0 rings (SSSR count). The third kappa shape index (κ3) is 13.5. The summed E-state index contributed by atoms with van der Waals surface area (Å²) in [7, 11) is 0. The number of hydrogen-bond acceptors (Lipinski definition) is 9. The molecule has 0 bridgehead atoms. The average Bonchev–Trinajstić information content (AvgIpc) is 2.74. The van der Waals surface area contributed by atoms with Gasteiger partial charge in [0.15, 0.2) is 0 Å². The summed E-state index contributed by atoms with van der Waals surface area (Å²) in [6, 6.07) is -6.06. The summed E-state index contributed by atoms with van der Waals surface area (Å²) in [6.07, 6.45) is -1.47. The first kappa shape index (κ1) is 31.2. The Hall–Kier alpha value is -3.79. The molecule has 12 N–H and O–H groups in total. The second-order valence-electron chi connectivity index (χ2n) is 7.61. The summed E-state index contributed by atoms with van der Waals surface area (Å²) in [5.74, 6) is -8.36. The van der Waals surface area contributed by atoms with Gasteiger partial charge in [-0.05, 0) is 32.2 Å². The van der Waals surface area contributed by atoms with Crippen molar-refractivity contribution in [3.8, 4) is 0 Å². The summed E-state index contributed by atoms with van der Waals surface area (Å²) in [5, 5.41) is 33.4. The van der Waals surface area contributed by atoms with Crippen LogP contribution in [0.25, 0.3) is 0 Å². The van der Waals surface area contributed by atoms with Gasteiger partial charge in [-0.3, -0.25) is 28.8 Å². The number of aliphatic carboxylic acids is 3. The maximum Gasteiger partial charge on any atom is 0.326 e. The Morgan fingerprint density at radius 2 is 1.23 bits per heavy atom. The molecule has 0 aromatic carbocycles. The molecule has 0 aliphatic heterocycles. The van der Waals surface area contributed by atoms with Crippen LogP contribution in [-0.4, -0.2) is 87.6 Å². The Morgan fingerprint density at radius 1 is 0.686 bits per heavy atom. The maximum absolute atomic E-state index is 12.8. The van der Waals surface area contributed by atoms with E-state index in [0.717, 1.165) is 0 Å². The third-order valence-electron chi connectivity index (χ3n) is 4.62. The number of rotatable bonds is 18. The Labute approximate surface area is 199 Å². The van der Waals surface area contributed by atoms with Crippen LogP contribution in [0.1, 0.15) is 44.9 Å². The lowest BCUT2D eigenvalue weighted by Crippen LogP contribution is -2.57. The van der Waals surface area contributed by atoms with Crippen LogP contribution in [0.4, 0.5) is 0 Å². The van der Waals surface area contributed by atoms with Crippen LogP contribution in [-0.2, 0) is 33.6 Å². The number of carbonyl (C=O) groups is 7. The number of nitrogens with one attached hydrogen (secondary N) is 3. The molecule has 0 fully saturated rings. The van der Waals surface area contributed by atoms with E-state index >= 15 is 0 Å². The Morgan fingerprint density at radius 3 is 1.71 bits per heavy atom. The van der Waals surface area contributed by atoms with Crippen molar-refractivity contribution in [3.05, 3.63) is 0 Å². The van der Waals surface area contributed by atoms with Crippen molar-refractivity contribution in [2.45, 2.75) is 69.1 Å². The lowest BCUT2D eigenvalue weighted by atomic mass is 10.1. The maximum atomic E-state index is 12.8. The van der Waals surface area contributed by atoms with Gasteiger partial charge < -0.3 is 48.5 Å². The summed E-state index contributed by atoms with van der Waals surface area (Å²) in [4.78, 5) is 81.7. The van der Waals surface area contributed by atoms with E-state index in [0.29, 0.717) is 12.8 Å². The molecule has 0 saturated carbocycles. The molecule has 0 saturated heterocycles. The van der Waals surface area contributed by atoms with Gasteiger partial charge in [-0.2, -0.15) is 0 Å². The topological polar surface area (TPSA) is 294 Å². The van der Waals surface area contributed by atoms with Gasteiger partial charge in [-0.1, -0.05) is 0 Å². The van der Waals surface area contributed by atoms with Crippen LogP contribution >= 0.6 is 0 Å². The van der Waals surface area contributed by atoms with Crippen LogP contribution in [0.15, 0.2) is 0 Å². The van der Waals surface area contributed by atoms with Gasteiger partial charge in [0.25, 0.3) is 0 Å². The molecule has 0 spiro atoms. The first-order valence-electron chi connectivity index (χ1n) is 10.6. The first-order chi connectivity index (χ1) is 16.3. The lowest BCUT2D eigenvalue weighted by molar-refractivity contribution is -0.145. The third-order valence-corrected chi connectivity index (χ3v) is 4.62. The van der Waals surface area contributed by atoms with E-state index in [1.807, 2.05) is 5.32 Å². The molecule has 4 amide bonds. The average molecular weight is 504 g/mol. The van der Waals surface area contributed by atoms with E-state index < -0.39 is 85.0 Å². The summed E-state index contributed by atoms with van der Waals surface area (Å²) in [5.41, 5.74) is 16.0. The number of hydrogen-bond donors (Lipinski definition) is 9. The van der Waals surface area contributed by atoms with E-state index in [1.54, 1.807) is 0 Å². The Bertz CT molecular complexity index is 805. The normalized spacial score (nSPS) is 14.0. The van der Waals surface area contributed by atoms with Crippen molar-refractivity contribution in [1.82, 2.24) is 16.0 Å². The van der Waals surface area contributed by atoms with Crippen molar-refractivity contribution in [2.75, 3.05) is 6.54 Å². The van der Waals surface area contributed by atoms with Crippen LogP contribution in [0.5, 0.6) is 0 Å². The fourth-order valence-corrected chi connectivity index (χ4v) is 2.78. The SMILES string of the molecule is NCCCCC(NC(=O)C(N)CCC(=O)O)C(=O)NC(CC(=O)O)C(=O)NC(CC(N)=O)C(=O)O. The number of primary amides is 1. The van der Waals surface area contributed by atoms with Crippen LogP contribution in [0.2, 0.25) is 0 Å². The summed E-state index contributed by atoms with van der Waals surface area (Å²) < 4.78 is 0. The van der Waals surface area contributed by atoms with Crippen molar-refractivity contribution < 1.29 is 48.9 Å². The van der Waals surface area contributed by atoms with Crippen molar-refractivity contribution in [1.29, 1.82) is 0 Å². The van der Waals surface area contributed by atoms with E-state index in [1.165, 1.54) is 0 Å². The number of nitrogens with two attached hydrogens (primary N) is 3. The largest absolute Gasteiger partial charge is 0.481 e.